The second kappa shape index (κ2) is 8.23. The average molecular weight is 280 g/mol. The van der Waals surface area contributed by atoms with E-state index in [-0.39, 0.29) is 11.9 Å². The average Bonchev–Trinajstić information content (AvgIpc) is 2.38. The number of carbonyl (C=O) groups excluding carboxylic acids is 1. The highest BCUT2D eigenvalue weighted by Crippen LogP contribution is 2.09. The number of nitrogens with two attached hydrogens (primary N) is 1. The van der Waals surface area contributed by atoms with E-state index >= 15 is 0 Å². The second-order valence-electron chi connectivity index (χ2n) is 5.27. The van der Waals surface area contributed by atoms with Crippen molar-refractivity contribution in [3.8, 4) is 0 Å². The third-order valence-corrected chi connectivity index (χ3v) is 3.63. The van der Waals surface area contributed by atoms with E-state index in [1.807, 2.05) is 30.3 Å². The topological polar surface area (TPSA) is 55.1 Å². The van der Waals surface area contributed by atoms with E-state index in [0.29, 0.717) is 18.9 Å². The molecule has 0 radical (unpaired) electrons. The molecule has 0 bridgehead atoms. The van der Waals surface area contributed by atoms with Gasteiger partial charge in [-0.25, -0.2) is 0 Å². The molecule has 3 nitrogen and oxygen atoms in total. The molecule has 0 aliphatic heterocycles. The summed E-state index contributed by atoms with van der Waals surface area (Å²) in [4.78, 5) is 11.9. The van der Waals surface area contributed by atoms with Crippen LogP contribution in [0.3, 0.4) is 0 Å². The van der Waals surface area contributed by atoms with Gasteiger partial charge in [-0.2, -0.15) is 12.6 Å². The van der Waals surface area contributed by atoms with Crippen LogP contribution in [0.25, 0.3) is 0 Å². The zero-order valence-electron chi connectivity index (χ0n) is 11.7. The van der Waals surface area contributed by atoms with Crippen LogP contribution in [-0.4, -0.2) is 23.7 Å². The lowest BCUT2D eigenvalue weighted by atomic mass is 10.0. The largest absolute Gasteiger partial charge is 0.355 e. The minimum Gasteiger partial charge on any atom is -0.355 e. The fraction of sp³-hybridized carbons (Fsp3) is 0.533. The molecule has 0 aliphatic carbocycles. The van der Waals surface area contributed by atoms with Gasteiger partial charge in [-0.1, -0.05) is 44.2 Å². The second-order valence-corrected chi connectivity index (χ2v) is 5.83. The van der Waals surface area contributed by atoms with E-state index in [1.165, 1.54) is 0 Å². The molecule has 3 N–H and O–H groups in total. The van der Waals surface area contributed by atoms with Crippen LogP contribution in [0.5, 0.6) is 0 Å². The van der Waals surface area contributed by atoms with Crippen LogP contribution in [0, 0.1) is 5.92 Å². The van der Waals surface area contributed by atoms with Crippen molar-refractivity contribution >= 4 is 18.5 Å². The number of carbonyl (C=O) groups is 1. The molecule has 4 heteroatoms. The fourth-order valence-electron chi connectivity index (χ4n) is 1.78. The maximum absolute atomic E-state index is 11.9. The molecule has 106 valence electrons. The fourth-order valence-corrected chi connectivity index (χ4v) is 1.98. The van der Waals surface area contributed by atoms with Gasteiger partial charge in [0.15, 0.2) is 0 Å². The molecular weight excluding hydrogens is 256 g/mol. The number of amides is 1. The SMILES string of the molecule is CC(C)CCNC(=O)[C@H](S)[C@@H](N)Cc1ccccc1. The molecule has 2 atom stereocenters. The first-order chi connectivity index (χ1) is 9.00. The molecule has 0 aromatic heterocycles. The van der Waals surface area contributed by atoms with Gasteiger partial charge in [0, 0.05) is 12.6 Å². The lowest BCUT2D eigenvalue weighted by Gasteiger charge is -2.19. The van der Waals surface area contributed by atoms with Gasteiger partial charge in [-0.05, 0) is 24.3 Å². The van der Waals surface area contributed by atoms with Crippen LogP contribution in [0.1, 0.15) is 25.8 Å². The Bertz CT molecular complexity index is 381. The molecule has 0 saturated heterocycles. The summed E-state index contributed by atoms with van der Waals surface area (Å²) in [6.07, 6.45) is 1.63. The Kier molecular flexibility index (Phi) is 6.95. The van der Waals surface area contributed by atoms with Crippen LogP contribution < -0.4 is 11.1 Å². The molecule has 1 amide bonds. The van der Waals surface area contributed by atoms with Gasteiger partial charge in [-0.3, -0.25) is 4.79 Å². The molecule has 19 heavy (non-hydrogen) atoms. The molecule has 0 fully saturated rings. The third-order valence-electron chi connectivity index (χ3n) is 3.01. The highest BCUT2D eigenvalue weighted by Gasteiger charge is 2.21. The van der Waals surface area contributed by atoms with Gasteiger partial charge in [0.1, 0.15) is 0 Å². The standard InChI is InChI=1S/C15H24N2OS/c1-11(2)8-9-17-15(18)14(19)13(16)10-12-6-4-3-5-7-12/h3-7,11,13-14,19H,8-10,16H2,1-2H3,(H,17,18)/t13-,14+/m0/s1. The Hall–Kier alpha value is -1.00. The number of rotatable bonds is 7. The van der Waals surface area contributed by atoms with Crippen molar-refractivity contribution < 1.29 is 4.79 Å². The number of hydrogen-bond donors (Lipinski definition) is 3. The first-order valence-corrected chi connectivity index (χ1v) is 7.27. The van der Waals surface area contributed by atoms with Crippen molar-refractivity contribution in [2.45, 2.75) is 38.0 Å². The van der Waals surface area contributed by atoms with E-state index in [2.05, 4.69) is 31.8 Å². The van der Waals surface area contributed by atoms with Crippen molar-refractivity contribution in [3.05, 3.63) is 35.9 Å². The minimum atomic E-state index is -0.465. The molecule has 1 aromatic rings. The lowest BCUT2D eigenvalue weighted by Crippen LogP contribution is -2.44. The quantitative estimate of drug-likeness (QED) is 0.669. The van der Waals surface area contributed by atoms with E-state index in [4.69, 9.17) is 5.73 Å². The van der Waals surface area contributed by atoms with E-state index in [1.54, 1.807) is 0 Å². The molecule has 0 saturated carbocycles. The van der Waals surface area contributed by atoms with Gasteiger partial charge < -0.3 is 11.1 Å². The van der Waals surface area contributed by atoms with E-state index < -0.39 is 5.25 Å². The third kappa shape index (κ3) is 6.12. The number of thiol groups is 1. The van der Waals surface area contributed by atoms with Gasteiger partial charge in [-0.15, -0.1) is 0 Å². The summed E-state index contributed by atoms with van der Waals surface area (Å²) in [5.41, 5.74) is 7.17. The Balaban J connectivity index is 2.39. The maximum atomic E-state index is 11.9. The van der Waals surface area contributed by atoms with Crippen molar-refractivity contribution in [2.75, 3.05) is 6.54 Å². The lowest BCUT2D eigenvalue weighted by molar-refractivity contribution is -0.120. The molecule has 0 spiro atoms. The number of nitrogens with one attached hydrogen (secondary N) is 1. The summed E-state index contributed by atoms with van der Waals surface area (Å²) in [5.74, 6) is 0.504. The minimum absolute atomic E-state index is 0.0765. The monoisotopic (exact) mass is 280 g/mol. The summed E-state index contributed by atoms with van der Waals surface area (Å²) in [7, 11) is 0. The van der Waals surface area contributed by atoms with Gasteiger partial charge in [0.25, 0.3) is 0 Å². The van der Waals surface area contributed by atoms with Gasteiger partial charge >= 0.3 is 0 Å². The Labute approximate surface area is 121 Å². The van der Waals surface area contributed by atoms with Crippen LogP contribution in [0.4, 0.5) is 0 Å². The Morgan fingerprint density at radius 3 is 2.53 bits per heavy atom. The number of benzene rings is 1. The normalized spacial score (nSPS) is 14.2. The maximum Gasteiger partial charge on any atom is 0.234 e. The first kappa shape index (κ1) is 16.1. The van der Waals surface area contributed by atoms with Crippen molar-refractivity contribution in [1.29, 1.82) is 0 Å². The summed E-state index contributed by atoms with van der Waals surface area (Å²) in [5, 5.41) is 2.42. The Morgan fingerprint density at radius 1 is 1.32 bits per heavy atom. The first-order valence-electron chi connectivity index (χ1n) is 6.76. The van der Waals surface area contributed by atoms with Crippen LogP contribution in [0.15, 0.2) is 30.3 Å². The van der Waals surface area contributed by atoms with Gasteiger partial charge in [0.2, 0.25) is 5.91 Å². The highest BCUT2D eigenvalue weighted by molar-refractivity contribution is 7.81. The predicted molar refractivity (Wildman–Crippen MR) is 83.4 cm³/mol. The zero-order valence-corrected chi connectivity index (χ0v) is 12.6. The molecule has 1 aromatic carbocycles. The van der Waals surface area contributed by atoms with Crippen LogP contribution in [-0.2, 0) is 11.2 Å². The summed E-state index contributed by atoms with van der Waals surface area (Å²) < 4.78 is 0. The molecule has 1 rings (SSSR count). The summed E-state index contributed by atoms with van der Waals surface area (Å²) in [6.45, 7) is 4.95. The van der Waals surface area contributed by atoms with E-state index in [0.717, 1.165) is 12.0 Å². The highest BCUT2D eigenvalue weighted by atomic mass is 32.1. The van der Waals surface area contributed by atoms with E-state index in [9.17, 15) is 4.79 Å². The smallest absolute Gasteiger partial charge is 0.234 e. The number of hydrogen-bond acceptors (Lipinski definition) is 3. The molecule has 0 aliphatic rings. The van der Waals surface area contributed by atoms with Crippen LogP contribution >= 0.6 is 12.6 Å². The predicted octanol–water partition coefficient (Wildman–Crippen LogP) is 2.02. The van der Waals surface area contributed by atoms with Crippen LogP contribution in [0.2, 0.25) is 0 Å². The molecule has 0 heterocycles. The molecular formula is C15H24N2OS. The van der Waals surface area contributed by atoms with Crippen molar-refractivity contribution in [2.24, 2.45) is 11.7 Å². The zero-order chi connectivity index (χ0) is 14.3. The van der Waals surface area contributed by atoms with Crippen molar-refractivity contribution in [1.82, 2.24) is 5.32 Å². The van der Waals surface area contributed by atoms with Gasteiger partial charge in [0.05, 0.1) is 5.25 Å². The summed E-state index contributed by atoms with van der Waals surface area (Å²) >= 11 is 4.34. The summed E-state index contributed by atoms with van der Waals surface area (Å²) in [6, 6.07) is 9.65. The van der Waals surface area contributed by atoms with Crippen molar-refractivity contribution in [3.63, 3.8) is 0 Å². The molecule has 0 unspecified atom stereocenters. The Morgan fingerprint density at radius 2 is 1.95 bits per heavy atom.